The summed E-state index contributed by atoms with van der Waals surface area (Å²) in [5.74, 6) is 0. The van der Waals surface area contributed by atoms with Crippen LogP contribution in [0.1, 0.15) is 47.7 Å². The van der Waals surface area contributed by atoms with Crippen LogP contribution in [-0.4, -0.2) is 17.6 Å². The van der Waals surface area contributed by atoms with Gasteiger partial charge in [0.15, 0.2) is 0 Å². The molecule has 0 aliphatic heterocycles. The maximum absolute atomic E-state index is 4.57. The number of hydrogen-bond donors (Lipinski definition) is 1. The maximum atomic E-state index is 4.57. The molecule has 1 saturated carbocycles. The summed E-state index contributed by atoms with van der Waals surface area (Å²) in [5.41, 5.74) is 1.21. The Morgan fingerprint density at radius 3 is 2.62 bits per heavy atom. The Morgan fingerprint density at radius 2 is 2.00 bits per heavy atom. The molecule has 0 aromatic carbocycles. The topological polar surface area (TPSA) is 24.9 Å². The molecule has 16 heavy (non-hydrogen) atoms. The van der Waals surface area contributed by atoms with E-state index in [9.17, 15) is 0 Å². The van der Waals surface area contributed by atoms with Crippen LogP contribution in [0.15, 0.2) is 0 Å². The van der Waals surface area contributed by atoms with Crippen LogP contribution in [0.25, 0.3) is 0 Å². The van der Waals surface area contributed by atoms with E-state index in [4.69, 9.17) is 0 Å². The highest BCUT2D eigenvalue weighted by molar-refractivity contribution is 7.11. The molecule has 2 nitrogen and oxygen atoms in total. The number of nitrogens with one attached hydrogen (secondary N) is 1. The van der Waals surface area contributed by atoms with Crippen LogP contribution >= 0.6 is 11.3 Å². The van der Waals surface area contributed by atoms with Crippen LogP contribution in [0.3, 0.4) is 0 Å². The molecule has 1 aliphatic carbocycles. The van der Waals surface area contributed by atoms with E-state index in [0.717, 1.165) is 19.0 Å². The van der Waals surface area contributed by atoms with E-state index in [-0.39, 0.29) is 0 Å². The van der Waals surface area contributed by atoms with Gasteiger partial charge < -0.3 is 5.32 Å². The van der Waals surface area contributed by atoms with Gasteiger partial charge in [0.2, 0.25) is 0 Å². The molecule has 1 fully saturated rings. The molecule has 1 heterocycles. The molecule has 90 valence electrons. The lowest BCUT2D eigenvalue weighted by Crippen LogP contribution is -2.32. The first-order chi connectivity index (χ1) is 7.75. The van der Waals surface area contributed by atoms with Crippen molar-refractivity contribution in [3.8, 4) is 0 Å². The molecule has 0 radical (unpaired) electrons. The smallest absolute Gasteiger partial charge is 0.0943 e. The quantitative estimate of drug-likeness (QED) is 0.871. The van der Waals surface area contributed by atoms with Crippen molar-refractivity contribution >= 4 is 11.3 Å². The molecule has 0 bridgehead atoms. The Kier molecular flexibility index (Phi) is 4.36. The Bertz CT molecular complexity index is 307. The minimum Gasteiger partial charge on any atom is -0.314 e. The first-order valence-electron chi connectivity index (χ1n) is 6.42. The summed E-state index contributed by atoms with van der Waals surface area (Å²) in [5, 5.41) is 4.96. The predicted molar refractivity (Wildman–Crippen MR) is 70.2 cm³/mol. The number of aromatic nitrogens is 1. The Labute approximate surface area is 102 Å². The van der Waals surface area contributed by atoms with E-state index in [1.807, 2.05) is 11.3 Å². The van der Waals surface area contributed by atoms with Crippen molar-refractivity contribution in [2.24, 2.45) is 0 Å². The van der Waals surface area contributed by atoms with E-state index in [1.165, 1.54) is 47.7 Å². The number of thiazole rings is 1. The normalized spacial score (nSPS) is 17.9. The highest BCUT2D eigenvalue weighted by Gasteiger charge is 2.12. The van der Waals surface area contributed by atoms with Crippen molar-refractivity contribution in [3.05, 3.63) is 15.6 Å². The largest absolute Gasteiger partial charge is 0.314 e. The minimum atomic E-state index is 0.774. The Morgan fingerprint density at radius 1 is 1.25 bits per heavy atom. The first kappa shape index (κ1) is 12.1. The van der Waals surface area contributed by atoms with Gasteiger partial charge in [-0.05, 0) is 26.7 Å². The van der Waals surface area contributed by atoms with Crippen molar-refractivity contribution in [3.63, 3.8) is 0 Å². The first-order valence-corrected chi connectivity index (χ1v) is 7.23. The summed E-state index contributed by atoms with van der Waals surface area (Å²) in [6.07, 6.45) is 8.09. The molecule has 1 N–H and O–H groups in total. The second kappa shape index (κ2) is 5.78. The molecule has 0 saturated heterocycles. The third-order valence-corrected chi connectivity index (χ3v) is 4.58. The van der Waals surface area contributed by atoms with Gasteiger partial charge in [-0.3, -0.25) is 0 Å². The fourth-order valence-electron chi connectivity index (χ4n) is 2.34. The fraction of sp³-hybridized carbons (Fsp3) is 0.769. The third-order valence-electron chi connectivity index (χ3n) is 3.45. The van der Waals surface area contributed by atoms with Gasteiger partial charge in [-0.25, -0.2) is 4.98 Å². The lowest BCUT2D eigenvalue weighted by molar-refractivity contribution is 0.375. The van der Waals surface area contributed by atoms with E-state index in [0.29, 0.717) is 0 Å². The molecule has 0 amide bonds. The molecular formula is C13H22N2S. The highest BCUT2D eigenvalue weighted by Crippen LogP contribution is 2.18. The van der Waals surface area contributed by atoms with E-state index >= 15 is 0 Å². The minimum absolute atomic E-state index is 0.774. The lowest BCUT2D eigenvalue weighted by Gasteiger charge is -2.22. The van der Waals surface area contributed by atoms with Crippen LogP contribution in [-0.2, 0) is 6.42 Å². The molecule has 3 heteroatoms. The third kappa shape index (κ3) is 3.29. The highest BCUT2D eigenvalue weighted by atomic mass is 32.1. The van der Waals surface area contributed by atoms with Crippen LogP contribution in [0.4, 0.5) is 0 Å². The predicted octanol–water partition coefficient (Wildman–Crippen LogP) is 3.22. The summed E-state index contributed by atoms with van der Waals surface area (Å²) >= 11 is 1.85. The summed E-state index contributed by atoms with van der Waals surface area (Å²) in [6.45, 7) is 5.35. The van der Waals surface area contributed by atoms with E-state index in [2.05, 4.69) is 24.1 Å². The van der Waals surface area contributed by atoms with Gasteiger partial charge in [0.25, 0.3) is 0 Å². The lowest BCUT2D eigenvalue weighted by atomic mass is 9.95. The van der Waals surface area contributed by atoms with Gasteiger partial charge in [-0.15, -0.1) is 11.3 Å². The molecule has 2 rings (SSSR count). The van der Waals surface area contributed by atoms with Gasteiger partial charge in [-0.1, -0.05) is 19.3 Å². The average Bonchev–Trinajstić information content (AvgIpc) is 2.60. The Hall–Kier alpha value is -0.410. The van der Waals surface area contributed by atoms with Crippen molar-refractivity contribution in [1.82, 2.24) is 10.3 Å². The molecule has 1 aromatic rings. The number of hydrogen-bond acceptors (Lipinski definition) is 3. The van der Waals surface area contributed by atoms with E-state index < -0.39 is 0 Å². The number of nitrogens with zero attached hydrogens (tertiary/aromatic N) is 1. The monoisotopic (exact) mass is 238 g/mol. The van der Waals surface area contributed by atoms with Crippen LogP contribution < -0.4 is 5.32 Å². The van der Waals surface area contributed by atoms with Crippen LogP contribution in [0.2, 0.25) is 0 Å². The van der Waals surface area contributed by atoms with Gasteiger partial charge in [0, 0.05) is 23.9 Å². The van der Waals surface area contributed by atoms with Crippen molar-refractivity contribution in [2.45, 2.75) is 58.4 Å². The number of aryl methyl sites for hydroxylation is 2. The molecule has 1 aliphatic rings. The van der Waals surface area contributed by atoms with E-state index in [1.54, 1.807) is 0 Å². The molecule has 1 aromatic heterocycles. The summed E-state index contributed by atoms with van der Waals surface area (Å²) in [6, 6.07) is 0.774. The summed E-state index contributed by atoms with van der Waals surface area (Å²) < 4.78 is 0. The van der Waals surface area contributed by atoms with Crippen LogP contribution in [0, 0.1) is 13.8 Å². The second-order valence-corrected chi connectivity index (χ2v) is 6.08. The number of rotatable bonds is 4. The molecule has 0 spiro atoms. The fourth-order valence-corrected chi connectivity index (χ4v) is 3.27. The zero-order valence-corrected chi connectivity index (χ0v) is 11.2. The molecular weight excluding hydrogens is 216 g/mol. The summed E-state index contributed by atoms with van der Waals surface area (Å²) in [4.78, 5) is 5.94. The van der Waals surface area contributed by atoms with Gasteiger partial charge in [0.1, 0.15) is 0 Å². The Balaban J connectivity index is 1.71. The molecule has 0 unspecified atom stereocenters. The average molecular weight is 238 g/mol. The SMILES string of the molecule is Cc1nc(CCNC2CCCCC2)sc1C. The van der Waals surface area contributed by atoms with Gasteiger partial charge in [-0.2, -0.15) is 0 Å². The van der Waals surface area contributed by atoms with Gasteiger partial charge >= 0.3 is 0 Å². The zero-order valence-electron chi connectivity index (χ0n) is 10.4. The summed E-state index contributed by atoms with van der Waals surface area (Å²) in [7, 11) is 0. The standard InChI is InChI=1S/C13H22N2S/c1-10-11(2)16-13(15-10)8-9-14-12-6-4-3-5-7-12/h12,14H,3-9H2,1-2H3. The van der Waals surface area contributed by atoms with Crippen molar-refractivity contribution in [2.75, 3.05) is 6.54 Å². The van der Waals surface area contributed by atoms with Crippen molar-refractivity contribution < 1.29 is 0 Å². The van der Waals surface area contributed by atoms with Crippen molar-refractivity contribution in [1.29, 1.82) is 0 Å². The molecule has 0 atom stereocenters. The van der Waals surface area contributed by atoms with Gasteiger partial charge in [0.05, 0.1) is 10.7 Å². The zero-order chi connectivity index (χ0) is 11.4. The second-order valence-electron chi connectivity index (χ2n) is 4.79. The maximum Gasteiger partial charge on any atom is 0.0943 e. The van der Waals surface area contributed by atoms with Crippen LogP contribution in [0.5, 0.6) is 0 Å².